The summed E-state index contributed by atoms with van der Waals surface area (Å²) < 4.78 is 6.09. The number of ether oxygens (including phenoxy) is 1. The number of amides is 1. The van der Waals surface area contributed by atoms with Gasteiger partial charge in [-0.05, 0) is 38.0 Å². The van der Waals surface area contributed by atoms with E-state index in [1.54, 1.807) is 4.90 Å². The highest BCUT2D eigenvalue weighted by atomic mass is 16.5. The summed E-state index contributed by atoms with van der Waals surface area (Å²) in [7, 11) is 0. The molecule has 0 aromatic carbocycles. The van der Waals surface area contributed by atoms with Crippen molar-refractivity contribution in [3.63, 3.8) is 0 Å². The smallest absolute Gasteiger partial charge is 0.306 e. The molecule has 0 aromatic rings. The van der Waals surface area contributed by atoms with Crippen LogP contribution < -0.4 is 0 Å². The number of carboxylic acids is 1. The van der Waals surface area contributed by atoms with Gasteiger partial charge in [-0.2, -0.15) is 0 Å². The average Bonchev–Trinajstić information content (AvgIpc) is 2.52. The first-order chi connectivity index (χ1) is 10.5. The molecule has 1 saturated heterocycles. The van der Waals surface area contributed by atoms with Gasteiger partial charge in [-0.15, -0.1) is 0 Å². The van der Waals surface area contributed by atoms with Crippen molar-refractivity contribution in [3.8, 4) is 0 Å². The van der Waals surface area contributed by atoms with E-state index in [1.165, 1.54) is 12.8 Å². The zero-order chi connectivity index (χ0) is 16.1. The predicted octanol–water partition coefficient (Wildman–Crippen LogP) is 2.68. The quantitative estimate of drug-likeness (QED) is 0.847. The molecule has 22 heavy (non-hydrogen) atoms. The number of hydrogen-bond donors (Lipinski definition) is 1. The Balaban J connectivity index is 1.85. The van der Waals surface area contributed by atoms with Gasteiger partial charge < -0.3 is 14.7 Å². The van der Waals surface area contributed by atoms with Crippen LogP contribution in [0.25, 0.3) is 0 Å². The first kappa shape index (κ1) is 17.3. The Morgan fingerprint density at radius 1 is 1.23 bits per heavy atom. The van der Waals surface area contributed by atoms with Crippen LogP contribution in [-0.2, 0) is 14.3 Å². The Hall–Kier alpha value is -1.10. The highest BCUT2D eigenvalue weighted by molar-refractivity contribution is 5.81. The van der Waals surface area contributed by atoms with E-state index in [4.69, 9.17) is 9.84 Å². The molecule has 1 saturated carbocycles. The lowest BCUT2D eigenvalue weighted by Crippen LogP contribution is -2.46. The van der Waals surface area contributed by atoms with Crippen LogP contribution in [-0.4, -0.2) is 47.2 Å². The molecule has 0 radical (unpaired) electrons. The van der Waals surface area contributed by atoms with Crippen LogP contribution in [0.1, 0.15) is 58.8 Å². The standard InChI is InChI=1S/C17H29NO4/c1-3-15(22-14-6-4-5-12(2)11-14)16(19)18-9-7-13(8-10-18)17(20)21/h12-15H,3-11H2,1-2H3,(H,20,21)/t12-,14-,15-/m0/s1. The van der Waals surface area contributed by atoms with Gasteiger partial charge in [0.15, 0.2) is 0 Å². The van der Waals surface area contributed by atoms with Gasteiger partial charge in [-0.3, -0.25) is 9.59 Å². The van der Waals surface area contributed by atoms with Gasteiger partial charge in [0.1, 0.15) is 6.10 Å². The van der Waals surface area contributed by atoms with E-state index < -0.39 is 5.97 Å². The summed E-state index contributed by atoms with van der Waals surface area (Å²) in [4.78, 5) is 25.4. The molecule has 1 heterocycles. The third-order valence-electron chi connectivity index (χ3n) is 5.05. The van der Waals surface area contributed by atoms with Crippen LogP contribution >= 0.6 is 0 Å². The molecule has 2 fully saturated rings. The Morgan fingerprint density at radius 2 is 1.91 bits per heavy atom. The number of carbonyl (C=O) groups excluding carboxylic acids is 1. The van der Waals surface area contributed by atoms with E-state index in [0.29, 0.717) is 38.3 Å². The van der Waals surface area contributed by atoms with Crippen LogP contribution in [0, 0.1) is 11.8 Å². The van der Waals surface area contributed by atoms with Gasteiger partial charge in [0, 0.05) is 13.1 Å². The Kier molecular flexibility index (Phi) is 6.24. The summed E-state index contributed by atoms with van der Waals surface area (Å²) in [6.07, 6.45) is 6.16. The molecule has 5 nitrogen and oxygen atoms in total. The van der Waals surface area contributed by atoms with E-state index in [9.17, 15) is 9.59 Å². The number of rotatable bonds is 5. The maximum absolute atomic E-state index is 12.6. The Bertz CT molecular complexity index is 390. The van der Waals surface area contributed by atoms with E-state index in [1.807, 2.05) is 6.92 Å². The van der Waals surface area contributed by atoms with Gasteiger partial charge in [0.25, 0.3) is 5.91 Å². The fourth-order valence-electron chi connectivity index (χ4n) is 3.61. The highest BCUT2D eigenvalue weighted by Crippen LogP contribution is 2.27. The van der Waals surface area contributed by atoms with Crippen LogP contribution in [0.15, 0.2) is 0 Å². The predicted molar refractivity (Wildman–Crippen MR) is 83.5 cm³/mol. The van der Waals surface area contributed by atoms with Crippen LogP contribution in [0.3, 0.4) is 0 Å². The van der Waals surface area contributed by atoms with Crippen molar-refractivity contribution in [1.29, 1.82) is 0 Å². The second-order valence-electron chi connectivity index (χ2n) is 6.86. The molecule has 0 aromatic heterocycles. The van der Waals surface area contributed by atoms with Gasteiger partial charge in [-0.1, -0.05) is 26.7 Å². The molecular formula is C17H29NO4. The molecule has 2 aliphatic rings. The molecule has 1 aliphatic carbocycles. The fraction of sp³-hybridized carbons (Fsp3) is 0.882. The topological polar surface area (TPSA) is 66.8 Å². The van der Waals surface area contributed by atoms with Crippen molar-refractivity contribution < 1.29 is 19.4 Å². The summed E-state index contributed by atoms with van der Waals surface area (Å²) in [5.74, 6) is -0.321. The minimum absolute atomic E-state index is 0.0459. The molecule has 3 atom stereocenters. The number of aliphatic carboxylic acids is 1. The summed E-state index contributed by atoms with van der Waals surface area (Å²) in [6, 6.07) is 0. The average molecular weight is 311 g/mol. The first-order valence-corrected chi connectivity index (χ1v) is 8.68. The number of hydrogen-bond acceptors (Lipinski definition) is 3. The molecular weight excluding hydrogens is 282 g/mol. The largest absolute Gasteiger partial charge is 0.481 e. The van der Waals surface area contributed by atoms with Gasteiger partial charge >= 0.3 is 5.97 Å². The van der Waals surface area contributed by atoms with Crippen molar-refractivity contribution in [2.75, 3.05) is 13.1 Å². The third kappa shape index (κ3) is 4.45. The summed E-state index contributed by atoms with van der Waals surface area (Å²) >= 11 is 0. The van der Waals surface area contributed by atoms with Gasteiger partial charge in [0.2, 0.25) is 0 Å². The molecule has 0 spiro atoms. The SMILES string of the molecule is CC[C@H](O[C@H]1CCC[C@H](C)C1)C(=O)N1CCC(C(=O)O)CC1. The number of carboxylic acid groups (broad SMARTS) is 1. The van der Waals surface area contributed by atoms with Crippen LogP contribution in [0.4, 0.5) is 0 Å². The summed E-state index contributed by atoms with van der Waals surface area (Å²) in [5, 5.41) is 9.03. The van der Waals surface area contributed by atoms with Crippen molar-refractivity contribution in [1.82, 2.24) is 4.90 Å². The van der Waals surface area contributed by atoms with E-state index >= 15 is 0 Å². The Morgan fingerprint density at radius 3 is 2.45 bits per heavy atom. The molecule has 2 rings (SSSR count). The van der Waals surface area contributed by atoms with E-state index in [-0.39, 0.29) is 24.0 Å². The number of nitrogens with zero attached hydrogens (tertiary/aromatic N) is 1. The third-order valence-corrected chi connectivity index (χ3v) is 5.05. The summed E-state index contributed by atoms with van der Waals surface area (Å²) in [6.45, 7) is 5.31. The maximum Gasteiger partial charge on any atom is 0.306 e. The maximum atomic E-state index is 12.6. The molecule has 5 heteroatoms. The zero-order valence-corrected chi connectivity index (χ0v) is 13.8. The lowest BCUT2D eigenvalue weighted by Gasteiger charge is -2.35. The normalized spacial score (nSPS) is 28.4. The lowest BCUT2D eigenvalue weighted by molar-refractivity contribution is -0.154. The molecule has 126 valence electrons. The van der Waals surface area contributed by atoms with Crippen molar-refractivity contribution in [3.05, 3.63) is 0 Å². The van der Waals surface area contributed by atoms with Gasteiger partial charge in [-0.25, -0.2) is 0 Å². The second kappa shape index (κ2) is 7.95. The zero-order valence-electron chi connectivity index (χ0n) is 13.8. The molecule has 0 unspecified atom stereocenters. The van der Waals surface area contributed by atoms with E-state index in [2.05, 4.69) is 6.92 Å². The van der Waals surface area contributed by atoms with Crippen molar-refractivity contribution in [2.45, 2.75) is 71.0 Å². The second-order valence-corrected chi connectivity index (χ2v) is 6.86. The number of carbonyl (C=O) groups is 2. The molecule has 1 aliphatic heterocycles. The Labute approximate surface area is 133 Å². The number of likely N-dealkylation sites (tertiary alicyclic amines) is 1. The lowest BCUT2D eigenvalue weighted by atomic mass is 9.88. The molecule has 1 amide bonds. The van der Waals surface area contributed by atoms with Gasteiger partial charge in [0.05, 0.1) is 12.0 Å². The minimum Gasteiger partial charge on any atom is -0.481 e. The molecule has 0 bridgehead atoms. The van der Waals surface area contributed by atoms with Crippen LogP contribution in [0.5, 0.6) is 0 Å². The first-order valence-electron chi connectivity index (χ1n) is 8.68. The van der Waals surface area contributed by atoms with Crippen LogP contribution in [0.2, 0.25) is 0 Å². The highest BCUT2D eigenvalue weighted by Gasteiger charge is 2.32. The van der Waals surface area contributed by atoms with E-state index in [0.717, 1.165) is 12.8 Å². The van der Waals surface area contributed by atoms with Crippen molar-refractivity contribution >= 4 is 11.9 Å². The minimum atomic E-state index is -0.744. The fourth-order valence-corrected chi connectivity index (χ4v) is 3.61. The van der Waals surface area contributed by atoms with Crippen molar-refractivity contribution in [2.24, 2.45) is 11.8 Å². The summed E-state index contributed by atoms with van der Waals surface area (Å²) in [5.41, 5.74) is 0. The number of piperidine rings is 1. The molecule has 1 N–H and O–H groups in total. The monoisotopic (exact) mass is 311 g/mol.